The Hall–Kier alpha value is -3.22. The molecule has 0 fully saturated rings. The van der Waals surface area contributed by atoms with Crippen LogP contribution in [0.2, 0.25) is 0 Å². The molecule has 0 spiro atoms. The summed E-state index contributed by atoms with van der Waals surface area (Å²) in [7, 11) is 1.49. The van der Waals surface area contributed by atoms with Crippen molar-refractivity contribution in [3.05, 3.63) is 63.7 Å². The Balaban J connectivity index is 2.01. The van der Waals surface area contributed by atoms with E-state index in [0.717, 1.165) is 4.90 Å². The van der Waals surface area contributed by atoms with E-state index in [4.69, 9.17) is 4.74 Å². The number of anilines is 1. The van der Waals surface area contributed by atoms with E-state index in [1.807, 2.05) is 0 Å². The highest BCUT2D eigenvalue weighted by atomic mass is 16.6. The lowest BCUT2D eigenvalue weighted by atomic mass is 9.97. The number of hydrogen-bond acceptors (Lipinski definition) is 5. The Kier molecular flexibility index (Phi) is 3.53. The molecule has 0 atom stereocenters. The van der Waals surface area contributed by atoms with Crippen LogP contribution < -0.4 is 9.64 Å². The highest BCUT2D eigenvalue weighted by Crippen LogP contribution is 2.29. The molecule has 3 rings (SSSR count). The second kappa shape index (κ2) is 5.53. The second-order valence-electron chi connectivity index (χ2n) is 5.01. The number of nitro benzene ring substituents is 1. The molecule has 7 nitrogen and oxygen atoms in total. The second-order valence-corrected chi connectivity index (χ2v) is 5.01. The highest BCUT2D eigenvalue weighted by molar-refractivity contribution is 6.24. The predicted molar refractivity (Wildman–Crippen MR) is 81.6 cm³/mol. The summed E-state index contributed by atoms with van der Waals surface area (Å²) in [6.07, 6.45) is 0.0854. The number of hydrogen-bond donors (Lipinski definition) is 0. The van der Waals surface area contributed by atoms with Gasteiger partial charge in [-0.05, 0) is 29.8 Å². The van der Waals surface area contributed by atoms with Gasteiger partial charge in [0.15, 0.2) is 0 Å². The first-order valence-corrected chi connectivity index (χ1v) is 6.80. The van der Waals surface area contributed by atoms with E-state index in [9.17, 15) is 19.7 Å². The lowest BCUT2D eigenvalue weighted by Gasteiger charge is -2.27. The van der Waals surface area contributed by atoms with E-state index in [2.05, 4.69) is 0 Å². The molecular formula is C16H12N2O5. The number of carbonyl (C=O) groups excluding carboxylic acids is 2. The first-order chi connectivity index (χ1) is 11.0. The fourth-order valence-corrected chi connectivity index (χ4v) is 2.50. The van der Waals surface area contributed by atoms with Gasteiger partial charge in [0.05, 0.1) is 24.1 Å². The molecule has 0 radical (unpaired) electrons. The smallest absolute Gasteiger partial charge is 0.269 e. The van der Waals surface area contributed by atoms with Gasteiger partial charge in [0.2, 0.25) is 5.91 Å². The topological polar surface area (TPSA) is 89.8 Å². The maximum Gasteiger partial charge on any atom is 0.269 e. The predicted octanol–water partition coefficient (Wildman–Crippen LogP) is 2.33. The molecule has 1 aliphatic rings. The zero-order valence-corrected chi connectivity index (χ0v) is 12.2. The summed E-state index contributed by atoms with van der Waals surface area (Å²) in [4.78, 5) is 36.1. The number of ether oxygens (including phenoxy) is 1. The number of non-ortho nitro benzene ring substituents is 1. The third-order valence-electron chi connectivity index (χ3n) is 3.66. The molecule has 116 valence electrons. The molecule has 0 saturated heterocycles. The number of imide groups is 1. The molecule has 1 heterocycles. The maximum atomic E-state index is 12.6. The zero-order valence-electron chi connectivity index (χ0n) is 12.2. The van der Waals surface area contributed by atoms with E-state index < -0.39 is 10.8 Å². The van der Waals surface area contributed by atoms with Crippen molar-refractivity contribution in [2.45, 2.75) is 6.42 Å². The van der Waals surface area contributed by atoms with Crippen molar-refractivity contribution in [3.8, 4) is 5.75 Å². The fourth-order valence-electron chi connectivity index (χ4n) is 2.50. The minimum absolute atomic E-state index is 0.0854. The Morgan fingerprint density at radius 1 is 1.13 bits per heavy atom. The van der Waals surface area contributed by atoms with Gasteiger partial charge in [-0.25, -0.2) is 4.90 Å². The molecule has 0 N–H and O–H groups in total. The van der Waals surface area contributed by atoms with Crippen LogP contribution in [0, 0.1) is 10.1 Å². The Morgan fingerprint density at radius 2 is 1.83 bits per heavy atom. The van der Waals surface area contributed by atoms with Gasteiger partial charge < -0.3 is 4.74 Å². The standard InChI is InChI=1S/C16H12N2O5/c1-23-13-7-2-10-8-15(19)17(16(20)14(10)9-13)11-3-5-12(6-4-11)18(21)22/h2-7,9H,8H2,1H3. The van der Waals surface area contributed by atoms with Crippen LogP contribution in [0.25, 0.3) is 0 Å². The van der Waals surface area contributed by atoms with Gasteiger partial charge in [-0.1, -0.05) is 6.07 Å². The first-order valence-electron chi connectivity index (χ1n) is 6.80. The van der Waals surface area contributed by atoms with E-state index in [0.29, 0.717) is 22.6 Å². The number of carbonyl (C=O) groups is 2. The van der Waals surface area contributed by atoms with Gasteiger partial charge in [-0.3, -0.25) is 19.7 Å². The molecule has 2 aromatic carbocycles. The monoisotopic (exact) mass is 312 g/mol. The third kappa shape index (κ3) is 2.52. The van der Waals surface area contributed by atoms with Gasteiger partial charge in [0.1, 0.15) is 5.75 Å². The van der Waals surface area contributed by atoms with E-state index >= 15 is 0 Å². The van der Waals surface area contributed by atoms with Crippen molar-refractivity contribution in [1.29, 1.82) is 0 Å². The number of rotatable bonds is 3. The van der Waals surface area contributed by atoms with Crippen molar-refractivity contribution in [3.63, 3.8) is 0 Å². The van der Waals surface area contributed by atoms with E-state index in [1.165, 1.54) is 31.4 Å². The molecule has 7 heteroatoms. The SMILES string of the molecule is COc1ccc2c(c1)C(=O)N(c1ccc([N+](=O)[O-])cc1)C(=O)C2. The summed E-state index contributed by atoms with van der Waals surface area (Å²) in [5.41, 5.74) is 1.23. The lowest BCUT2D eigenvalue weighted by molar-refractivity contribution is -0.384. The molecule has 2 amide bonds. The molecule has 2 aromatic rings. The van der Waals surface area contributed by atoms with Crippen LogP contribution >= 0.6 is 0 Å². The highest BCUT2D eigenvalue weighted by Gasteiger charge is 2.32. The van der Waals surface area contributed by atoms with Crippen molar-refractivity contribution < 1.29 is 19.2 Å². The molecular weight excluding hydrogens is 300 g/mol. The Bertz CT molecular complexity index is 814. The number of nitrogens with zero attached hydrogens (tertiary/aromatic N) is 2. The Morgan fingerprint density at radius 3 is 2.43 bits per heavy atom. The molecule has 23 heavy (non-hydrogen) atoms. The fraction of sp³-hybridized carbons (Fsp3) is 0.125. The van der Waals surface area contributed by atoms with Gasteiger partial charge in [-0.2, -0.15) is 0 Å². The van der Waals surface area contributed by atoms with Crippen LogP contribution in [0.4, 0.5) is 11.4 Å². The molecule has 0 aliphatic carbocycles. The molecule has 0 unspecified atom stereocenters. The molecule has 1 aliphatic heterocycles. The number of nitro groups is 1. The number of benzene rings is 2. The van der Waals surface area contributed by atoms with Crippen LogP contribution in [-0.4, -0.2) is 23.8 Å². The lowest BCUT2D eigenvalue weighted by Crippen LogP contribution is -2.42. The van der Waals surface area contributed by atoms with Crippen LogP contribution in [-0.2, 0) is 11.2 Å². The summed E-state index contributed by atoms with van der Waals surface area (Å²) in [6.45, 7) is 0. The third-order valence-corrected chi connectivity index (χ3v) is 3.66. The number of amides is 2. The normalized spacial score (nSPS) is 13.7. The van der Waals surface area contributed by atoms with Crippen molar-refractivity contribution in [2.24, 2.45) is 0 Å². The van der Waals surface area contributed by atoms with Crippen molar-refractivity contribution >= 4 is 23.2 Å². The minimum atomic E-state index is -0.538. The number of methoxy groups -OCH3 is 1. The number of fused-ring (bicyclic) bond motifs is 1. The zero-order chi connectivity index (χ0) is 16.6. The first kappa shape index (κ1) is 14.7. The summed E-state index contributed by atoms with van der Waals surface area (Å²) < 4.78 is 5.11. The van der Waals surface area contributed by atoms with Crippen LogP contribution in [0.1, 0.15) is 15.9 Å². The quantitative estimate of drug-likeness (QED) is 0.493. The average Bonchev–Trinajstić information content (AvgIpc) is 2.55. The van der Waals surface area contributed by atoms with Crippen LogP contribution in [0.15, 0.2) is 42.5 Å². The summed E-state index contributed by atoms with van der Waals surface area (Å²) in [5.74, 6) is -0.319. The molecule has 0 bridgehead atoms. The van der Waals surface area contributed by atoms with Gasteiger partial charge >= 0.3 is 0 Å². The van der Waals surface area contributed by atoms with E-state index in [1.54, 1.807) is 18.2 Å². The largest absolute Gasteiger partial charge is 0.497 e. The van der Waals surface area contributed by atoms with Gasteiger partial charge in [-0.15, -0.1) is 0 Å². The summed E-state index contributed by atoms with van der Waals surface area (Å²) in [6, 6.07) is 10.3. The van der Waals surface area contributed by atoms with Crippen molar-refractivity contribution in [2.75, 3.05) is 12.0 Å². The summed E-state index contributed by atoms with van der Waals surface area (Å²) in [5, 5.41) is 10.7. The molecule has 0 saturated carbocycles. The molecule has 0 aromatic heterocycles. The van der Waals surface area contributed by atoms with Crippen molar-refractivity contribution in [1.82, 2.24) is 0 Å². The average molecular weight is 312 g/mol. The van der Waals surface area contributed by atoms with E-state index in [-0.39, 0.29) is 18.0 Å². The van der Waals surface area contributed by atoms with Crippen LogP contribution in [0.3, 0.4) is 0 Å². The Labute approximate surface area is 131 Å². The van der Waals surface area contributed by atoms with Crippen LogP contribution in [0.5, 0.6) is 5.75 Å². The summed E-state index contributed by atoms with van der Waals surface area (Å²) >= 11 is 0. The maximum absolute atomic E-state index is 12.6. The van der Waals surface area contributed by atoms with Gasteiger partial charge in [0, 0.05) is 17.7 Å². The minimum Gasteiger partial charge on any atom is -0.497 e. The van der Waals surface area contributed by atoms with Gasteiger partial charge in [0.25, 0.3) is 11.6 Å².